The monoisotopic (exact) mass is 852 g/mol. The van der Waals surface area contributed by atoms with E-state index in [4.69, 9.17) is 53.8 Å². The molecule has 0 aliphatic carbocycles. The molecule has 10 atom stereocenters. The van der Waals surface area contributed by atoms with Crippen molar-refractivity contribution in [2.24, 2.45) is 11.7 Å². The quantitative estimate of drug-likeness (QED) is 0.0740. The Hall–Kier alpha value is -4.92. The molecular weight excluding hydrogens is 800 g/mol. The van der Waals surface area contributed by atoms with Gasteiger partial charge in [0.05, 0.1) is 19.1 Å². The van der Waals surface area contributed by atoms with E-state index in [1.54, 1.807) is 31.3 Å². The largest absolute Gasteiger partial charge is 0.508 e. The van der Waals surface area contributed by atoms with Crippen molar-refractivity contribution in [1.82, 2.24) is 5.32 Å². The van der Waals surface area contributed by atoms with Crippen molar-refractivity contribution in [3.63, 3.8) is 0 Å². The highest BCUT2D eigenvalue weighted by molar-refractivity contribution is 5.90. The molecule has 8 N–H and O–H groups in total. The van der Waals surface area contributed by atoms with Crippen LogP contribution in [0.3, 0.4) is 0 Å². The molecule has 10 unspecified atom stereocenters. The lowest BCUT2D eigenvalue weighted by Gasteiger charge is -2.50. The van der Waals surface area contributed by atoms with Gasteiger partial charge in [-0.25, -0.2) is 0 Å². The number of carbonyl (C=O) groups excluding carboxylic acids is 1. The molecule has 1 fully saturated rings. The minimum atomic E-state index is -1.92. The first-order valence-electron chi connectivity index (χ1n) is 20.5. The lowest BCUT2D eigenvalue weighted by Crippen LogP contribution is -2.69. The number of esters is 1. The number of carboxylic acids is 1. The average molecular weight is 853 g/mol. The Labute approximate surface area is 351 Å². The van der Waals surface area contributed by atoms with Crippen LogP contribution in [0.5, 0.6) is 34.5 Å². The van der Waals surface area contributed by atoms with Crippen LogP contribution < -0.4 is 34.9 Å². The number of fused-ring (bicyclic) bond motifs is 7. The summed E-state index contributed by atoms with van der Waals surface area (Å²) in [5.41, 5.74) is 8.09. The molecule has 0 saturated carbocycles. The van der Waals surface area contributed by atoms with E-state index in [0.29, 0.717) is 52.7 Å². The van der Waals surface area contributed by atoms with Crippen molar-refractivity contribution in [1.29, 1.82) is 0 Å². The molecule has 61 heavy (non-hydrogen) atoms. The second-order valence-corrected chi connectivity index (χ2v) is 16.6. The summed E-state index contributed by atoms with van der Waals surface area (Å²) < 4.78 is 42.8. The molecule has 330 valence electrons. The van der Waals surface area contributed by atoms with Crippen LogP contribution in [0.1, 0.15) is 78.9 Å². The summed E-state index contributed by atoms with van der Waals surface area (Å²) in [5.74, 6) is -0.449. The first-order valence-corrected chi connectivity index (χ1v) is 20.5. The number of ether oxygens (including phenoxy) is 7. The number of nitrogens with one attached hydrogen (secondary N) is 1. The molecule has 1 spiro atoms. The average Bonchev–Trinajstić information content (AvgIpc) is 3.81. The van der Waals surface area contributed by atoms with E-state index in [2.05, 4.69) is 19.2 Å². The molecule has 1 saturated heterocycles. The number of carboxylic acid groups (broad SMARTS) is 1. The van der Waals surface area contributed by atoms with Gasteiger partial charge >= 0.3 is 11.9 Å². The third kappa shape index (κ3) is 8.26. The Bertz CT molecular complexity index is 2120. The molecule has 0 aromatic heterocycles. The number of aliphatic hydroxyl groups is 3. The summed E-state index contributed by atoms with van der Waals surface area (Å²) in [4.78, 5) is 35.8. The van der Waals surface area contributed by atoms with E-state index >= 15 is 0 Å². The van der Waals surface area contributed by atoms with Crippen LogP contribution in [0.15, 0.2) is 42.5 Å². The fourth-order valence-electron chi connectivity index (χ4n) is 8.91. The predicted molar refractivity (Wildman–Crippen MR) is 211 cm³/mol. The second-order valence-electron chi connectivity index (χ2n) is 16.6. The van der Waals surface area contributed by atoms with E-state index in [1.807, 2.05) is 18.2 Å². The molecular formula is C43H52N2O16. The van der Waals surface area contributed by atoms with E-state index in [1.165, 1.54) is 0 Å². The molecule has 18 heteroatoms. The van der Waals surface area contributed by atoms with Gasteiger partial charge in [-0.05, 0) is 68.1 Å². The summed E-state index contributed by atoms with van der Waals surface area (Å²) in [5, 5.41) is 56.0. The molecule has 0 bridgehead atoms. The van der Waals surface area contributed by atoms with Gasteiger partial charge in [0.15, 0.2) is 29.1 Å². The Morgan fingerprint density at radius 2 is 1.80 bits per heavy atom. The van der Waals surface area contributed by atoms with Gasteiger partial charge in [0.1, 0.15) is 61.3 Å². The van der Waals surface area contributed by atoms with E-state index < -0.39 is 79.5 Å². The molecule has 5 aliphatic heterocycles. The second kappa shape index (κ2) is 17.5. The number of hydrogen-bond donors (Lipinski definition) is 7. The number of nitrogens with two attached hydrogens (primary N) is 1. The lowest BCUT2D eigenvalue weighted by atomic mass is 9.77. The number of carbonyl (C=O) groups is 2. The Morgan fingerprint density at radius 3 is 2.54 bits per heavy atom. The zero-order chi connectivity index (χ0) is 43.2. The fraction of sp³-hybridized carbons (Fsp3) is 0.535. The summed E-state index contributed by atoms with van der Waals surface area (Å²) in [6.45, 7) is 3.82. The van der Waals surface area contributed by atoms with Crippen LogP contribution in [0, 0.1) is 5.92 Å². The van der Waals surface area contributed by atoms with Crippen molar-refractivity contribution in [2.45, 2.75) is 100 Å². The number of aromatic hydroxyl groups is 1. The van der Waals surface area contributed by atoms with E-state index in [0.717, 1.165) is 11.1 Å². The molecule has 0 radical (unpaired) electrons. The minimum Gasteiger partial charge on any atom is -0.508 e. The van der Waals surface area contributed by atoms with Crippen LogP contribution in [-0.2, 0) is 35.1 Å². The maximum Gasteiger partial charge on any atom is 0.317 e. The van der Waals surface area contributed by atoms with Crippen LogP contribution in [-0.4, -0.2) is 120 Å². The normalized spacial score (nSPS) is 28.9. The first-order chi connectivity index (χ1) is 29.3. The number of phenolic OH excluding ortho intramolecular Hbond substituents is 1. The summed E-state index contributed by atoms with van der Waals surface area (Å²) >= 11 is 0. The van der Waals surface area contributed by atoms with Crippen LogP contribution in [0.25, 0.3) is 0 Å². The third-order valence-electron chi connectivity index (χ3n) is 11.8. The highest BCUT2D eigenvalue weighted by Gasteiger charge is 2.60. The third-order valence-corrected chi connectivity index (χ3v) is 11.8. The van der Waals surface area contributed by atoms with Crippen molar-refractivity contribution < 1.29 is 78.1 Å². The zero-order valence-corrected chi connectivity index (χ0v) is 34.0. The number of likely N-dealkylation sites (N-methyl/N-ethyl adjacent to an activating group) is 1. The maximum absolute atomic E-state index is 12.1. The molecule has 8 rings (SSSR count). The van der Waals surface area contributed by atoms with Gasteiger partial charge in [0.2, 0.25) is 0 Å². The molecule has 5 heterocycles. The summed E-state index contributed by atoms with van der Waals surface area (Å²) in [6, 6.07) is 11.7. The standard InChI is InChI=1S/C43H52N2O16/c1-20(2)9-28-38-26(12-32-40(28)58-36(16-46)56-32)29-18-53-30-11-25-24(21-5-4-6-23(47)10-21)7-8-43(61-60-31(25)13-27(30)39(29)59-38)41(52)37(51)33(19-54-35(50)14-34(48)49)57-42(43)55-17-22(44)15-45-3/h4-6,10-13,20,22,24,29,33,36-37,39,41-42,45-47,51-52H,7-9,14-19,44H2,1-3H3,(H,48,49). The van der Waals surface area contributed by atoms with Crippen molar-refractivity contribution in [2.75, 3.05) is 40.0 Å². The molecule has 0 amide bonds. The number of aliphatic carboxylic acids is 1. The fourth-order valence-corrected chi connectivity index (χ4v) is 8.91. The smallest absolute Gasteiger partial charge is 0.317 e. The predicted octanol–water partition coefficient (Wildman–Crippen LogP) is 2.29. The first kappa shape index (κ1) is 42.8. The zero-order valence-electron chi connectivity index (χ0n) is 34.0. The molecule has 3 aromatic carbocycles. The highest BCUT2D eigenvalue weighted by Crippen LogP contribution is 2.59. The molecule has 18 nitrogen and oxygen atoms in total. The number of aliphatic hydroxyl groups excluding tert-OH is 3. The van der Waals surface area contributed by atoms with Crippen LogP contribution in [0.2, 0.25) is 0 Å². The number of hydrogen-bond acceptors (Lipinski definition) is 17. The molecule has 5 aliphatic rings. The summed E-state index contributed by atoms with van der Waals surface area (Å²) in [7, 11) is 1.72. The Kier molecular flexibility index (Phi) is 12.2. The number of phenols is 1. The van der Waals surface area contributed by atoms with Gasteiger partial charge in [0.25, 0.3) is 6.29 Å². The van der Waals surface area contributed by atoms with Gasteiger partial charge in [-0.3, -0.25) is 9.59 Å². The highest BCUT2D eigenvalue weighted by atomic mass is 17.2. The Morgan fingerprint density at radius 1 is 1.02 bits per heavy atom. The van der Waals surface area contributed by atoms with Crippen molar-refractivity contribution in [3.8, 4) is 34.5 Å². The van der Waals surface area contributed by atoms with E-state index in [9.17, 15) is 30.0 Å². The van der Waals surface area contributed by atoms with Gasteiger partial charge in [-0.2, -0.15) is 4.89 Å². The van der Waals surface area contributed by atoms with Crippen molar-refractivity contribution in [3.05, 3.63) is 70.3 Å². The maximum atomic E-state index is 12.1. The van der Waals surface area contributed by atoms with Crippen molar-refractivity contribution >= 4 is 11.9 Å². The number of rotatable bonds is 13. The van der Waals surface area contributed by atoms with Gasteiger partial charge in [-0.1, -0.05) is 26.0 Å². The number of benzene rings is 3. The van der Waals surface area contributed by atoms with Gasteiger partial charge < -0.3 is 74.6 Å². The topological polar surface area (TPSA) is 256 Å². The SMILES string of the molecule is CNCC(N)COC1OC(COC(=O)CC(=O)O)C(O)C(O)C12CCC(c1cccc(O)c1)c1cc3c(cc1OO2)C1Oc2c(cc4c(c2CC(C)C)OC(CO)O4)C1CO3. The Balaban J connectivity index is 1.16. The van der Waals surface area contributed by atoms with Gasteiger partial charge in [0, 0.05) is 40.8 Å². The van der Waals surface area contributed by atoms with E-state index in [-0.39, 0.29) is 56.0 Å². The molecule has 3 aromatic rings. The van der Waals surface area contributed by atoms with Gasteiger partial charge in [-0.15, -0.1) is 0 Å². The van der Waals surface area contributed by atoms with Crippen LogP contribution >= 0.6 is 0 Å². The minimum absolute atomic E-state index is 0.0287. The lowest BCUT2D eigenvalue weighted by molar-refractivity contribution is -0.422. The summed E-state index contributed by atoms with van der Waals surface area (Å²) in [6.07, 6.45) is -7.76. The van der Waals surface area contributed by atoms with Crippen LogP contribution in [0.4, 0.5) is 0 Å².